The lowest BCUT2D eigenvalue weighted by Gasteiger charge is -2.23. The molecule has 0 bridgehead atoms. The number of carbonyl (C=O) groups is 2. The van der Waals surface area contributed by atoms with E-state index >= 15 is 0 Å². The maximum absolute atomic E-state index is 12.9. The van der Waals surface area contributed by atoms with E-state index in [4.69, 9.17) is 0 Å². The normalized spacial score (nSPS) is 11.3. The molecule has 3 aromatic rings. The van der Waals surface area contributed by atoms with Crippen LogP contribution in [0.4, 0.5) is 5.13 Å². The van der Waals surface area contributed by atoms with E-state index in [-0.39, 0.29) is 17.4 Å². The summed E-state index contributed by atoms with van der Waals surface area (Å²) in [4.78, 5) is 29.1. The van der Waals surface area contributed by atoms with Gasteiger partial charge in [0.15, 0.2) is 5.13 Å². The van der Waals surface area contributed by atoms with Gasteiger partial charge in [0, 0.05) is 12.6 Å². The first-order valence-corrected chi connectivity index (χ1v) is 9.26. The zero-order valence-corrected chi connectivity index (χ0v) is 16.4. The lowest BCUT2D eigenvalue weighted by atomic mass is 10.0. The molecule has 0 aliphatic heterocycles. The zero-order valence-electron chi connectivity index (χ0n) is 15.6. The lowest BCUT2D eigenvalue weighted by molar-refractivity contribution is 0.0965. The second kappa shape index (κ2) is 7.32. The molecule has 3 rings (SSSR count). The highest BCUT2D eigenvalue weighted by molar-refractivity contribution is 7.17. The Bertz CT molecular complexity index is 970. The quantitative estimate of drug-likeness (QED) is 0.723. The van der Waals surface area contributed by atoms with Gasteiger partial charge in [0.1, 0.15) is 4.88 Å². The number of hydrogen-bond acceptors (Lipinski definition) is 5. The van der Waals surface area contributed by atoms with Gasteiger partial charge >= 0.3 is 0 Å². The molecule has 0 fully saturated rings. The van der Waals surface area contributed by atoms with E-state index in [0.717, 1.165) is 22.6 Å². The fourth-order valence-corrected chi connectivity index (χ4v) is 3.38. The van der Waals surface area contributed by atoms with Crippen molar-refractivity contribution in [2.45, 2.75) is 26.3 Å². The average Bonchev–Trinajstić information content (AvgIpc) is 3.28. The minimum atomic E-state index is -0.317. The summed E-state index contributed by atoms with van der Waals surface area (Å²) in [6, 6.07) is 9.67. The van der Waals surface area contributed by atoms with Crippen LogP contribution in [0.1, 0.15) is 40.8 Å². The number of aromatic nitrogens is 3. The van der Waals surface area contributed by atoms with Crippen molar-refractivity contribution in [3.63, 3.8) is 0 Å². The summed E-state index contributed by atoms with van der Waals surface area (Å²) < 4.78 is 1.84. The molecule has 0 radical (unpaired) electrons. The topological polar surface area (TPSA) is 88.9 Å². The number of carbonyl (C=O) groups excluding carboxylic acids is 2. The van der Waals surface area contributed by atoms with E-state index in [2.05, 4.69) is 20.7 Å². The highest BCUT2D eigenvalue weighted by atomic mass is 32.1. The summed E-state index contributed by atoms with van der Waals surface area (Å²) in [7, 11) is 1.55. The molecule has 7 nitrogen and oxygen atoms in total. The summed E-state index contributed by atoms with van der Waals surface area (Å²) in [5.41, 5.74) is 1.80. The van der Waals surface area contributed by atoms with Crippen molar-refractivity contribution in [2.24, 2.45) is 0 Å². The van der Waals surface area contributed by atoms with E-state index in [1.165, 1.54) is 6.20 Å². The molecule has 0 saturated heterocycles. The van der Waals surface area contributed by atoms with Gasteiger partial charge in [-0.3, -0.25) is 19.6 Å². The maximum Gasteiger partial charge on any atom is 0.262 e. The SMILES string of the molecule is CNC(=O)c1cnc(NC(=O)c2cnn(C(C)(C)C)c2-c2ccccc2)s1. The third-order valence-corrected chi connectivity index (χ3v) is 4.79. The monoisotopic (exact) mass is 383 g/mol. The highest BCUT2D eigenvalue weighted by Gasteiger charge is 2.25. The van der Waals surface area contributed by atoms with Crippen molar-refractivity contribution in [3.8, 4) is 11.3 Å². The van der Waals surface area contributed by atoms with Gasteiger partial charge in [0.05, 0.1) is 29.2 Å². The van der Waals surface area contributed by atoms with Crippen LogP contribution < -0.4 is 10.6 Å². The van der Waals surface area contributed by atoms with Crippen molar-refractivity contribution < 1.29 is 9.59 Å². The lowest BCUT2D eigenvalue weighted by Crippen LogP contribution is -2.24. The van der Waals surface area contributed by atoms with Gasteiger partial charge in [0.25, 0.3) is 11.8 Å². The molecule has 2 heterocycles. The van der Waals surface area contributed by atoms with Crippen molar-refractivity contribution in [1.82, 2.24) is 20.1 Å². The van der Waals surface area contributed by atoms with Gasteiger partial charge in [-0.05, 0) is 20.8 Å². The van der Waals surface area contributed by atoms with Crippen LogP contribution >= 0.6 is 11.3 Å². The van der Waals surface area contributed by atoms with E-state index in [1.807, 2.05) is 55.8 Å². The number of nitrogens with one attached hydrogen (secondary N) is 2. The maximum atomic E-state index is 12.9. The summed E-state index contributed by atoms with van der Waals surface area (Å²) in [6.45, 7) is 6.10. The molecular formula is C19H21N5O2S. The molecule has 2 aromatic heterocycles. The molecule has 27 heavy (non-hydrogen) atoms. The third kappa shape index (κ3) is 3.90. The molecule has 2 amide bonds. The van der Waals surface area contributed by atoms with Crippen LogP contribution in [0.25, 0.3) is 11.3 Å². The number of anilines is 1. The molecule has 8 heteroatoms. The second-order valence-corrected chi connectivity index (χ2v) is 7.95. The Hall–Kier alpha value is -3.00. The van der Waals surface area contributed by atoms with Crippen LogP contribution in [0.5, 0.6) is 0 Å². The van der Waals surface area contributed by atoms with Gasteiger partial charge < -0.3 is 5.32 Å². The predicted octanol–water partition coefficient (Wildman–Crippen LogP) is 3.37. The Balaban J connectivity index is 1.97. The number of hydrogen-bond donors (Lipinski definition) is 2. The highest BCUT2D eigenvalue weighted by Crippen LogP contribution is 2.29. The largest absolute Gasteiger partial charge is 0.354 e. The number of rotatable bonds is 4. The fourth-order valence-electron chi connectivity index (χ4n) is 2.62. The Kier molecular flexibility index (Phi) is 5.09. The van der Waals surface area contributed by atoms with E-state index in [0.29, 0.717) is 15.6 Å². The molecular weight excluding hydrogens is 362 g/mol. The summed E-state index contributed by atoms with van der Waals surface area (Å²) in [5.74, 6) is -0.555. The second-order valence-electron chi connectivity index (χ2n) is 6.92. The van der Waals surface area contributed by atoms with Gasteiger partial charge in [-0.1, -0.05) is 41.7 Å². The summed E-state index contributed by atoms with van der Waals surface area (Å²) in [5, 5.41) is 10.1. The van der Waals surface area contributed by atoms with Crippen LogP contribution in [0, 0.1) is 0 Å². The third-order valence-electron chi connectivity index (χ3n) is 3.87. The molecule has 0 unspecified atom stereocenters. The minimum Gasteiger partial charge on any atom is -0.354 e. The average molecular weight is 383 g/mol. The number of thiazole rings is 1. The fraction of sp³-hybridized carbons (Fsp3) is 0.263. The predicted molar refractivity (Wildman–Crippen MR) is 106 cm³/mol. The molecule has 2 N–H and O–H groups in total. The van der Waals surface area contributed by atoms with Crippen LogP contribution in [0.15, 0.2) is 42.7 Å². The molecule has 0 atom stereocenters. The van der Waals surface area contributed by atoms with Crippen molar-refractivity contribution in [2.75, 3.05) is 12.4 Å². The number of nitrogens with zero attached hydrogens (tertiary/aromatic N) is 3. The Morgan fingerprint density at radius 1 is 1.07 bits per heavy atom. The van der Waals surface area contributed by atoms with Crippen molar-refractivity contribution in [3.05, 3.63) is 53.2 Å². The van der Waals surface area contributed by atoms with Crippen LogP contribution in [-0.4, -0.2) is 33.6 Å². The standard InChI is InChI=1S/C19H21N5O2S/c1-19(2,3)24-15(12-8-6-5-7-9-12)13(10-22-24)16(25)23-18-21-11-14(27-18)17(26)20-4/h5-11H,1-4H3,(H,20,26)(H,21,23,25). The molecule has 0 aliphatic carbocycles. The van der Waals surface area contributed by atoms with E-state index in [1.54, 1.807) is 13.2 Å². The molecule has 0 spiro atoms. The van der Waals surface area contributed by atoms with Gasteiger partial charge in [0.2, 0.25) is 0 Å². The Morgan fingerprint density at radius 3 is 2.41 bits per heavy atom. The summed E-state index contributed by atoms with van der Waals surface area (Å²) >= 11 is 1.12. The van der Waals surface area contributed by atoms with Crippen LogP contribution in [0.2, 0.25) is 0 Å². The van der Waals surface area contributed by atoms with E-state index in [9.17, 15) is 9.59 Å². The van der Waals surface area contributed by atoms with E-state index < -0.39 is 0 Å². The number of benzene rings is 1. The molecule has 1 aromatic carbocycles. The Labute approximate surface area is 161 Å². The smallest absolute Gasteiger partial charge is 0.262 e. The van der Waals surface area contributed by atoms with Gasteiger partial charge in [-0.2, -0.15) is 5.10 Å². The first-order chi connectivity index (χ1) is 12.8. The molecule has 140 valence electrons. The van der Waals surface area contributed by atoms with Crippen LogP contribution in [0.3, 0.4) is 0 Å². The molecule has 0 saturated carbocycles. The number of amides is 2. The first kappa shape index (κ1) is 18.8. The zero-order chi connectivity index (χ0) is 19.6. The van der Waals surface area contributed by atoms with Crippen molar-refractivity contribution in [1.29, 1.82) is 0 Å². The van der Waals surface area contributed by atoms with Crippen molar-refractivity contribution >= 4 is 28.3 Å². The molecule has 0 aliphatic rings. The first-order valence-electron chi connectivity index (χ1n) is 8.44. The van der Waals surface area contributed by atoms with Gasteiger partial charge in [-0.15, -0.1) is 0 Å². The van der Waals surface area contributed by atoms with Gasteiger partial charge in [-0.25, -0.2) is 4.98 Å². The van der Waals surface area contributed by atoms with Crippen LogP contribution in [-0.2, 0) is 5.54 Å². The Morgan fingerprint density at radius 2 is 1.78 bits per heavy atom. The minimum absolute atomic E-state index is 0.237. The summed E-state index contributed by atoms with van der Waals surface area (Å²) in [6.07, 6.45) is 3.01.